The molecule has 0 atom stereocenters. The van der Waals surface area contributed by atoms with Gasteiger partial charge in [-0.25, -0.2) is 0 Å². The van der Waals surface area contributed by atoms with Crippen LogP contribution in [0.4, 0.5) is 0 Å². The van der Waals surface area contributed by atoms with Crippen molar-refractivity contribution in [2.45, 2.75) is 58.4 Å². The van der Waals surface area contributed by atoms with Gasteiger partial charge in [0.05, 0.1) is 13.2 Å². The Kier molecular flexibility index (Phi) is 7.81. The molecule has 1 fully saturated rings. The highest BCUT2D eigenvalue weighted by Crippen LogP contribution is 2.16. The van der Waals surface area contributed by atoms with Crippen molar-refractivity contribution in [2.24, 2.45) is 16.6 Å². The predicted molar refractivity (Wildman–Crippen MR) is 76.8 cm³/mol. The molecule has 4 nitrogen and oxygen atoms in total. The molecule has 0 amide bonds. The van der Waals surface area contributed by atoms with Gasteiger partial charge >= 0.3 is 0 Å². The highest BCUT2D eigenvalue weighted by atomic mass is 16.5. The van der Waals surface area contributed by atoms with E-state index in [1.165, 1.54) is 38.5 Å². The molecule has 3 N–H and O–H groups in total. The van der Waals surface area contributed by atoms with Crippen LogP contribution in [0.25, 0.3) is 0 Å². The molecule has 4 heteroatoms. The first-order valence-electron chi connectivity index (χ1n) is 7.32. The fraction of sp³-hybridized carbons (Fsp3) is 0.929. The molecule has 0 radical (unpaired) electrons. The van der Waals surface area contributed by atoms with Crippen molar-refractivity contribution < 1.29 is 4.74 Å². The van der Waals surface area contributed by atoms with Crippen LogP contribution in [0.3, 0.4) is 0 Å². The number of ether oxygens (including phenoxy) is 1. The van der Waals surface area contributed by atoms with E-state index in [2.05, 4.69) is 24.2 Å². The molecular formula is C14H29N3O. The molecule has 0 saturated heterocycles. The predicted octanol–water partition coefficient (Wildman–Crippen LogP) is 2.29. The average molecular weight is 255 g/mol. The lowest BCUT2D eigenvalue weighted by Crippen LogP contribution is -2.40. The quantitative estimate of drug-likeness (QED) is 0.331. The molecule has 1 saturated carbocycles. The van der Waals surface area contributed by atoms with Gasteiger partial charge in [-0.3, -0.25) is 4.99 Å². The number of nitrogens with two attached hydrogens (primary N) is 1. The number of nitrogens with zero attached hydrogens (tertiary/aromatic N) is 1. The standard InChI is InChI=1S/C14H29N3O/c1-12(2)11-18-10-9-16-14(15)17-13-7-5-3-4-6-8-13/h12-13H,3-11H2,1-2H3,(H3,15,16,17). The number of nitrogens with one attached hydrogen (secondary N) is 1. The maximum absolute atomic E-state index is 5.88. The third-order valence-electron chi connectivity index (χ3n) is 3.18. The highest BCUT2D eigenvalue weighted by molar-refractivity contribution is 5.78. The van der Waals surface area contributed by atoms with Crippen molar-refractivity contribution in [3.63, 3.8) is 0 Å². The summed E-state index contributed by atoms with van der Waals surface area (Å²) in [7, 11) is 0. The van der Waals surface area contributed by atoms with Crippen LogP contribution in [0.2, 0.25) is 0 Å². The van der Waals surface area contributed by atoms with E-state index in [0.717, 1.165) is 6.61 Å². The van der Waals surface area contributed by atoms with Crippen LogP contribution in [-0.4, -0.2) is 31.8 Å². The second-order valence-electron chi connectivity index (χ2n) is 5.57. The summed E-state index contributed by atoms with van der Waals surface area (Å²) in [5, 5.41) is 3.33. The summed E-state index contributed by atoms with van der Waals surface area (Å²) in [6.45, 7) is 6.39. The maximum atomic E-state index is 5.88. The van der Waals surface area contributed by atoms with Gasteiger partial charge in [-0.05, 0) is 18.8 Å². The second kappa shape index (κ2) is 9.20. The van der Waals surface area contributed by atoms with Gasteiger partial charge < -0.3 is 15.8 Å². The Morgan fingerprint density at radius 2 is 1.94 bits per heavy atom. The minimum atomic E-state index is 0.521. The minimum Gasteiger partial charge on any atom is -0.379 e. The van der Waals surface area contributed by atoms with E-state index in [4.69, 9.17) is 10.5 Å². The molecule has 0 aromatic rings. The van der Waals surface area contributed by atoms with Gasteiger partial charge in [-0.1, -0.05) is 39.5 Å². The number of aliphatic imine (C=N–C) groups is 1. The second-order valence-corrected chi connectivity index (χ2v) is 5.57. The summed E-state index contributed by atoms with van der Waals surface area (Å²) in [6, 6.07) is 0.521. The van der Waals surface area contributed by atoms with E-state index in [1.54, 1.807) is 0 Å². The fourth-order valence-corrected chi connectivity index (χ4v) is 2.23. The van der Waals surface area contributed by atoms with Crippen LogP contribution < -0.4 is 11.1 Å². The topological polar surface area (TPSA) is 59.6 Å². The lowest BCUT2D eigenvalue weighted by atomic mass is 10.1. The number of rotatable bonds is 6. The fourth-order valence-electron chi connectivity index (χ4n) is 2.23. The third-order valence-corrected chi connectivity index (χ3v) is 3.18. The Labute approximate surface area is 111 Å². The molecule has 0 aromatic heterocycles. The van der Waals surface area contributed by atoms with Crippen LogP contribution in [0, 0.1) is 5.92 Å². The molecule has 0 spiro atoms. The average Bonchev–Trinajstić information content (AvgIpc) is 2.56. The Hall–Kier alpha value is -0.770. The highest BCUT2D eigenvalue weighted by Gasteiger charge is 2.11. The van der Waals surface area contributed by atoms with Crippen LogP contribution in [-0.2, 0) is 4.74 Å². The van der Waals surface area contributed by atoms with Crippen molar-refractivity contribution in [3.8, 4) is 0 Å². The van der Waals surface area contributed by atoms with E-state index in [9.17, 15) is 0 Å². The van der Waals surface area contributed by atoms with E-state index in [0.29, 0.717) is 31.1 Å². The molecule has 0 heterocycles. The molecule has 1 aliphatic carbocycles. The Morgan fingerprint density at radius 1 is 1.28 bits per heavy atom. The van der Waals surface area contributed by atoms with E-state index in [-0.39, 0.29) is 0 Å². The summed E-state index contributed by atoms with van der Waals surface area (Å²) in [4.78, 5) is 4.30. The SMILES string of the molecule is CC(C)COCCN=C(N)NC1CCCCCC1. The van der Waals surface area contributed by atoms with Crippen molar-refractivity contribution in [1.29, 1.82) is 0 Å². The lowest BCUT2D eigenvalue weighted by Gasteiger charge is -2.16. The third kappa shape index (κ3) is 7.54. The summed E-state index contributed by atoms with van der Waals surface area (Å²) < 4.78 is 5.47. The van der Waals surface area contributed by atoms with Crippen molar-refractivity contribution in [2.75, 3.05) is 19.8 Å². The Morgan fingerprint density at radius 3 is 2.56 bits per heavy atom. The van der Waals surface area contributed by atoms with Gasteiger partial charge in [0, 0.05) is 12.6 Å². The van der Waals surface area contributed by atoms with Crippen LogP contribution in [0.5, 0.6) is 0 Å². The smallest absolute Gasteiger partial charge is 0.188 e. The summed E-state index contributed by atoms with van der Waals surface area (Å²) in [5.41, 5.74) is 5.88. The van der Waals surface area contributed by atoms with Gasteiger partial charge in [0.2, 0.25) is 0 Å². The molecule has 106 valence electrons. The molecule has 1 aliphatic rings. The Bertz CT molecular complexity index is 233. The minimum absolute atomic E-state index is 0.521. The summed E-state index contributed by atoms with van der Waals surface area (Å²) in [5.74, 6) is 1.16. The maximum Gasteiger partial charge on any atom is 0.188 e. The molecule has 0 bridgehead atoms. The molecule has 18 heavy (non-hydrogen) atoms. The summed E-state index contributed by atoms with van der Waals surface area (Å²) in [6.07, 6.45) is 7.78. The molecule has 1 rings (SSSR count). The van der Waals surface area contributed by atoms with E-state index >= 15 is 0 Å². The molecular weight excluding hydrogens is 226 g/mol. The van der Waals surface area contributed by atoms with Crippen molar-refractivity contribution in [1.82, 2.24) is 5.32 Å². The first-order chi connectivity index (χ1) is 8.68. The zero-order chi connectivity index (χ0) is 13.2. The molecule has 0 aliphatic heterocycles. The van der Waals surface area contributed by atoms with Crippen molar-refractivity contribution in [3.05, 3.63) is 0 Å². The number of hydrogen-bond acceptors (Lipinski definition) is 2. The first kappa shape index (κ1) is 15.3. The molecule has 0 unspecified atom stereocenters. The van der Waals surface area contributed by atoms with Gasteiger partial charge in [0.15, 0.2) is 5.96 Å². The first-order valence-corrected chi connectivity index (χ1v) is 7.32. The van der Waals surface area contributed by atoms with Gasteiger partial charge in [0.25, 0.3) is 0 Å². The largest absolute Gasteiger partial charge is 0.379 e. The van der Waals surface area contributed by atoms with E-state index in [1.807, 2.05) is 0 Å². The normalized spacial score (nSPS) is 18.9. The monoisotopic (exact) mass is 255 g/mol. The van der Waals surface area contributed by atoms with Crippen LogP contribution in [0.1, 0.15) is 52.4 Å². The van der Waals surface area contributed by atoms with Crippen LogP contribution in [0.15, 0.2) is 4.99 Å². The zero-order valence-electron chi connectivity index (χ0n) is 12.0. The summed E-state index contributed by atoms with van der Waals surface area (Å²) >= 11 is 0. The number of guanidine groups is 1. The molecule has 0 aromatic carbocycles. The zero-order valence-corrected chi connectivity index (χ0v) is 12.0. The van der Waals surface area contributed by atoms with Crippen LogP contribution >= 0.6 is 0 Å². The van der Waals surface area contributed by atoms with E-state index < -0.39 is 0 Å². The van der Waals surface area contributed by atoms with Crippen molar-refractivity contribution >= 4 is 5.96 Å². The van der Waals surface area contributed by atoms with Gasteiger partial charge in [-0.2, -0.15) is 0 Å². The number of hydrogen-bond donors (Lipinski definition) is 2. The lowest BCUT2D eigenvalue weighted by molar-refractivity contribution is 0.117. The van der Waals surface area contributed by atoms with Gasteiger partial charge in [-0.15, -0.1) is 0 Å². The van der Waals surface area contributed by atoms with Gasteiger partial charge in [0.1, 0.15) is 0 Å². The Balaban J connectivity index is 2.12.